The van der Waals surface area contributed by atoms with Gasteiger partial charge in [0.15, 0.2) is 0 Å². The molecule has 1 aromatic rings. The van der Waals surface area contributed by atoms with Crippen molar-refractivity contribution in [2.24, 2.45) is 11.3 Å². The number of aliphatic hydroxyl groups is 1. The van der Waals surface area contributed by atoms with Gasteiger partial charge >= 0.3 is 0 Å². The largest absolute Gasteiger partial charge is 0.396 e. The molecule has 0 radical (unpaired) electrons. The normalized spacial score (nSPS) is 17.9. The number of benzene rings is 1. The summed E-state index contributed by atoms with van der Waals surface area (Å²) in [5, 5.41) is 13.0. The number of aliphatic hydroxyl groups excluding tert-OH is 1. The maximum absolute atomic E-state index is 12.4. The van der Waals surface area contributed by atoms with Gasteiger partial charge in [0.1, 0.15) is 0 Å². The molecule has 1 aliphatic carbocycles. The summed E-state index contributed by atoms with van der Waals surface area (Å²) >= 11 is 5.90. The number of amides is 1. The zero-order valence-corrected chi connectivity index (χ0v) is 12.8. The minimum Gasteiger partial charge on any atom is -0.396 e. The molecule has 2 rings (SSSR count). The molecule has 2 N–H and O–H groups in total. The molecule has 0 spiro atoms. The Morgan fingerprint density at radius 1 is 1.35 bits per heavy atom. The Balaban J connectivity index is 2.04. The summed E-state index contributed by atoms with van der Waals surface area (Å²) in [4.78, 5) is 12.4. The van der Waals surface area contributed by atoms with Crippen LogP contribution < -0.4 is 5.32 Å². The molecular weight excluding hydrogens is 274 g/mol. The molecule has 4 heteroatoms. The van der Waals surface area contributed by atoms with E-state index in [0.29, 0.717) is 11.6 Å². The van der Waals surface area contributed by atoms with Crippen LogP contribution in [0.5, 0.6) is 0 Å². The molecule has 1 unspecified atom stereocenters. The highest BCUT2D eigenvalue weighted by Gasteiger charge is 2.42. The molecule has 1 amide bonds. The third-order valence-corrected chi connectivity index (χ3v) is 4.36. The van der Waals surface area contributed by atoms with Crippen molar-refractivity contribution >= 4 is 17.5 Å². The first-order chi connectivity index (χ1) is 9.47. The highest BCUT2D eigenvalue weighted by molar-refractivity contribution is 6.30. The number of hydrogen-bond acceptors (Lipinski definition) is 2. The summed E-state index contributed by atoms with van der Waals surface area (Å²) in [6, 6.07) is 7.45. The molecule has 0 aliphatic heterocycles. The summed E-state index contributed by atoms with van der Waals surface area (Å²) in [5.74, 6) is 0.0595. The van der Waals surface area contributed by atoms with Gasteiger partial charge in [0, 0.05) is 17.0 Å². The van der Waals surface area contributed by atoms with Gasteiger partial charge in [0.2, 0.25) is 5.91 Å². The standard InChI is InChI=1S/C16H22ClNO2/c1-11(2)14(12-3-5-13(17)6-4-12)15(20)18-9-16(10-19)7-8-16/h3-6,11,14,19H,7-10H2,1-2H3,(H,18,20). The van der Waals surface area contributed by atoms with E-state index in [4.69, 9.17) is 11.6 Å². The fraction of sp³-hybridized carbons (Fsp3) is 0.562. The van der Waals surface area contributed by atoms with Crippen molar-refractivity contribution in [2.45, 2.75) is 32.6 Å². The van der Waals surface area contributed by atoms with Gasteiger partial charge in [-0.2, -0.15) is 0 Å². The maximum Gasteiger partial charge on any atom is 0.227 e. The van der Waals surface area contributed by atoms with Crippen LogP contribution in [0.4, 0.5) is 0 Å². The highest BCUT2D eigenvalue weighted by Crippen LogP contribution is 2.44. The van der Waals surface area contributed by atoms with Crippen molar-refractivity contribution < 1.29 is 9.90 Å². The minimum atomic E-state index is -0.179. The summed E-state index contributed by atoms with van der Waals surface area (Å²) in [7, 11) is 0. The lowest BCUT2D eigenvalue weighted by Crippen LogP contribution is -2.37. The van der Waals surface area contributed by atoms with E-state index in [1.165, 1.54) is 0 Å². The van der Waals surface area contributed by atoms with Crippen molar-refractivity contribution in [3.05, 3.63) is 34.9 Å². The first-order valence-corrected chi connectivity index (χ1v) is 7.49. The van der Waals surface area contributed by atoms with Crippen molar-refractivity contribution in [2.75, 3.05) is 13.2 Å². The Morgan fingerprint density at radius 2 is 1.95 bits per heavy atom. The van der Waals surface area contributed by atoms with Gasteiger partial charge in [-0.3, -0.25) is 4.79 Å². The second kappa shape index (κ2) is 6.15. The van der Waals surface area contributed by atoms with Crippen molar-refractivity contribution in [1.82, 2.24) is 5.32 Å². The summed E-state index contributed by atoms with van der Waals surface area (Å²) < 4.78 is 0. The van der Waals surface area contributed by atoms with Crippen LogP contribution in [0.1, 0.15) is 38.2 Å². The molecule has 3 nitrogen and oxygen atoms in total. The molecule has 110 valence electrons. The SMILES string of the molecule is CC(C)C(C(=O)NCC1(CO)CC1)c1ccc(Cl)cc1. The molecule has 1 fully saturated rings. The van der Waals surface area contributed by atoms with Gasteiger partial charge in [-0.15, -0.1) is 0 Å². The van der Waals surface area contributed by atoms with Crippen LogP contribution in [-0.2, 0) is 4.79 Å². The molecule has 1 saturated carbocycles. The minimum absolute atomic E-state index is 0.0297. The van der Waals surface area contributed by atoms with Crippen LogP contribution in [0.15, 0.2) is 24.3 Å². The first-order valence-electron chi connectivity index (χ1n) is 7.11. The Kier molecular flexibility index (Phi) is 4.71. The zero-order chi connectivity index (χ0) is 14.8. The molecule has 0 bridgehead atoms. The number of carbonyl (C=O) groups excluding carboxylic acids is 1. The van der Waals surface area contributed by atoms with E-state index in [9.17, 15) is 9.90 Å². The number of rotatable bonds is 6. The topological polar surface area (TPSA) is 49.3 Å². The summed E-state index contributed by atoms with van der Waals surface area (Å²) in [6.07, 6.45) is 1.99. The van der Waals surface area contributed by atoms with Crippen LogP contribution in [0, 0.1) is 11.3 Å². The van der Waals surface area contributed by atoms with E-state index in [-0.39, 0.29) is 29.8 Å². The van der Waals surface area contributed by atoms with Gasteiger partial charge in [-0.05, 0) is 36.5 Å². The van der Waals surface area contributed by atoms with Gasteiger partial charge < -0.3 is 10.4 Å². The van der Waals surface area contributed by atoms with Crippen LogP contribution in [0.25, 0.3) is 0 Å². The Hall–Kier alpha value is -1.06. The van der Waals surface area contributed by atoms with E-state index in [1.807, 2.05) is 38.1 Å². The quantitative estimate of drug-likeness (QED) is 0.848. The second-order valence-corrected chi connectivity index (χ2v) is 6.59. The smallest absolute Gasteiger partial charge is 0.227 e. The molecule has 1 aliphatic rings. The number of carbonyl (C=O) groups is 1. The predicted molar refractivity (Wildman–Crippen MR) is 80.8 cm³/mol. The fourth-order valence-corrected chi connectivity index (χ4v) is 2.59. The third kappa shape index (κ3) is 3.53. The molecule has 20 heavy (non-hydrogen) atoms. The lowest BCUT2D eigenvalue weighted by atomic mass is 9.87. The summed E-state index contributed by atoms with van der Waals surface area (Å²) in [6.45, 7) is 4.80. The second-order valence-electron chi connectivity index (χ2n) is 6.15. The van der Waals surface area contributed by atoms with Crippen molar-refractivity contribution in [1.29, 1.82) is 0 Å². The Bertz CT molecular complexity index is 466. The predicted octanol–water partition coefficient (Wildman–Crippen LogP) is 2.97. The number of nitrogens with one attached hydrogen (secondary N) is 1. The number of hydrogen-bond donors (Lipinski definition) is 2. The molecule has 1 aromatic carbocycles. The van der Waals surface area contributed by atoms with Gasteiger partial charge in [0.25, 0.3) is 0 Å². The molecule has 0 saturated heterocycles. The van der Waals surface area contributed by atoms with E-state index in [2.05, 4.69) is 5.32 Å². The third-order valence-electron chi connectivity index (χ3n) is 4.11. The molecule has 1 atom stereocenters. The highest BCUT2D eigenvalue weighted by atomic mass is 35.5. The Labute approximate surface area is 125 Å². The van der Waals surface area contributed by atoms with Gasteiger partial charge in [-0.1, -0.05) is 37.6 Å². The van der Waals surface area contributed by atoms with Crippen molar-refractivity contribution in [3.8, 4) is 0 Å². The van der Waals surface area contributed by atoms with E-state index < -0.39 is 0 Å². The van der Waals surface area contributed by atoms with E-state index in [1.54, 1.807) is 0 Å². The average Bonchev–Trinajstić information content (AvgIpc) is 3.19. The fourth-order valence-electron chi connectivity index (χ4n) is 2.46. The van der Waals surface area contributed by atoms with Crippen LogP contribution in [0.3, 0.4) is 0 Å². The monoisotopic (exact) mass is 295 g/mol. The zero-order valence-electron chi connectivity index (χ0n) is 12.0. The lowest BCUT2D eigenvalue weighted by molar-refractivity contribution is -0.123. The Morgan fingerprint density at radius 3 is 2.40 bits per heavy atom. The first kappa shape index (κ1) is 15.3. The van der Waals surface area contributed by atoms with Crippen molar-refractivity contribution in [3.63, 3.8) is 0 Å². The van der Waals surface area contributed by atoms with Gasteiger partial charge in [0.05, 0.1) is 12.5 Å². The van der Waals surface area contributed by atoms with Gasteiger partial charge in [-0.25, -0.2) is 0 Å². The molecule has 0 heterocycles. The molecule has 0 aromatic heterocycles. The number of halogens is 1. The summed E-state index contributed by atoms with van der Waals surface area (Å²) in [5.41, 5.74) is 0.924. The van der Waals surface area contributed by atoms with Crippen LogP contribution >= 0.6 is 11.6 Å². The average molecular weight is 296 g/mol. The van der Waals surface area contributed by atoms with Crippen LogP contribution in [0.2, 0.25) is 5.02 Å². The maximum atomic E-state index is 12.4. The van der Waals surface area contributed by atoms with Crippen LogP contribution in [-0.4, -0.2) is 24.2 Å². The molecular formula is C16H22ClNO2. The lowest BCUT2D eigenvalue weighted by Gasteiger charge is -2.22. The van der Waals surface area contributed by atoms with E-state index >= 15 is 0 Å². The van der Waals surface area contributed by atoms with E-state index in [0.717, 1.165) is 18.4 Å².